The molecule has 0 radical (unpaired) electrons. The lowest BCUT2D eigenvalue weighted by Crippen LogP contribution is -2.51. The molecule has 0 bridgehead atoms. The van der Waals surface area contributed by atoms with E-state index >= 15 is 0 Å². The Bertz CT molecular complexity index is 998. The van der Waals surface area contributed by atoms with Gasteiger partial charge in [0.1, 0.15) is 5.75 Å². The van der Waals surface area contributed by atoms with Crippen LogP contribution in [0.4, 0.5) is 5.69 Å². The van der Waals surface area contributed by atoms with E-state index in [1.54, 1.807) is 37.4 Å². The third kappa shape index (κ3) is 5.62. The smallest absolute Gasteiger partial charge is 0.262 e. The predicted molar refractivity (Wildman–Crippen MR) is 130 cm³/mol. The van der Waals surface area contributed by atoms with Crippen molar-refractivity contribution < 1.29 is 23.8 Å². The Labute approximate surface area is 200 Å². The summed E-state index contributed by atoms with van der Waals surface area (Å²) in [5.74, 6) is 1.05. The second kappa shape index (κ2) is 11.2. The van der Waals surface area contributed by atoms with Gasteiger partial charge < -0.3 is 24.4 Å². The van der Waals surface area contributed by atoms with Gasteiger partial charge in [0.25, 0.3) is 11.8 Å². The Balaban J connectivity index is 1.33. The normalized spacial score (nSPS) is 16.8. The number of piperazine rings is 1. The summed E-state index contributed by atoms with van der Waals surface area (Å²) in [5, 5.41) is 2.77. The first kappa shape index (κ1) is 23.9. The van der Waals surface area contributed by atoms with Crippen LogP contribution >= 0.6 is 0 Å². The predicted octanol–water partition coefficient (Wildman–Crippen LogP) is 3.42. The SMILES string of the molecule is COc1ccccc1NC(=O)COc1ccc(C(=O)N2CCN(C3CCCC3)CC2)cc1OC. The molecule has 0 spiro atoms. The topological polar surface area (TPSA) is 80.3 Å². The molecule has 1 saturated heterocycles. The lowest BCUT2D eigenvalue weighted by atomic mass is 10.1. The summed E-state index contributed by atoms with van der Waals surface area (Å²) in [6, 6.07) is 12.9. The maximum absolute atomic E-state index is 13.1. The molecule has 0 atom stereocenters. The Morgan fingerprint density at radius 3 is 2.32 bits per heavy atom. The highest BCUT2D eigenvalue weighted by molar-refractivity contribution is 5.95. The number of hydrogen-bond donors (Lipinski definition) is 1. The molecule has 182 valence electrons. The second-order valence-electron chi connectivity index (χ2n) is 8.67. The van der Waals surface area contributed by atoms with Crippen molar-refractivity contribution in [3.63, 3.8) is 0 Å². The average molecular weight is 468 g/mol. The van der Waals surface area contributed by atoms with Crippen LogP contribution in [-0.4, -0.2) is 74.7 Å². The van der Waals surface area contributed by atoms with E-state index in [2.05, 4.69) is 10.2 Å². The average Bonchev–Trinajstić information content (AvgIpc) is 3.42. The van der Waals surface area contributed by atoms with E-state index in [9.17, 15) is 9.59 Å². The number of rotatable bonds is 8. The van der Waals surface area contributed by atoms with Gasteiger partial charge >= 0.3 is 0 Å². The fraction of sp³-hybridized carbons (Fsp3) is 0.462. The number of para-hydroxylation sites is 2. The molecule has 1 saturated carbocycles. The number of benzene rings is 2. The number of anilines is 1. The molecule has 2 aromatic rings. The standard InChI is InChI=1S/C26H33N3O5/c1-32-22-10-6-5-9-21(22)27-25(30)18-34-23-12-11-19(17-24(23)33-2)26(31)29-15-13-28(14-16-29)20-7-3-4-8-20/h5-6,9-12,17,20H,3-4,7-8,13-16,18H2,1-2H3,(H,27,30). The summed E-state index contributed by atoms with van der Waals surface area (Å²) in [4.78, 5) is 29.9. The fourth-order valence-electron chi connectivity index (χ4n) is 4.74. The van der Waals surface area contributed by atoms with Gasteiger partial charge in [0, 0.05) is 37.8 Å². The third-order valence-electron chi connectivity index (χ3n) is 6.59. The van der Waals surface area contributed by atoms with Gasteiger partial charge in [0.15, 0.2) is 18.1 Å². The number of nitrogens with one attached hydrogen (secondary N) is 1. The summed E-state index contributed by atoms with van der Waals surface area (Å²) in [7, 11) is 3.07. The Hall–Kier alpha value is -3.26. The first-order valence-electron chi connectivity index (χ1n) is 11.9. The monoisotopic (exact) mass is 467 g/mol. The van der Waals surface area contributed by atoms with Crippen molar-refractivity contribution in [2.24, 2.45) is 0 Å². The molecule has 4 rings (SSSR count). The first-order chi connectivity index (χ1) is 16.6. The molecule has 1 aliphatic carbocycles. The van der Waals surface area contributed by atoms with Gasteiger partial charge in [0.05, 0.1) is 19.9 Å². The summed E-state index contributed by atoms with van der Waals surface area (Å²) in [6.07, 6.45) is 5.20. The molecule has 0 unspecified atom stereocenters. The minimum atomic E-state index is -0.327. The molecule has 2 fully saturated rings. The number of amides is 2. The zero-order valence-corrected chi connectivity index (χ0v) is 19.9. The van der Waals surface area contributed by atoms with Gasteiger partial charge in [-0.1, -0.05) is 25.0 Å². The van der Waals surface area contributed by atoms with Crippen LogP contribution in [0.2, 0.25) is 0 Å². The van der Waals surface area contributed by atoms with Crippen LogP contribution in [0.1, 0.15) is 36.0 Å². The minimum absolute atomic E-state index is 0.00941. The third-order valence-corrected chi connectivity index (χ3v) is 6.59. The number of hydrogen-bond acceptors (Lipinski definition) is 6. The van der Waals surface area contributed by atoms with Crippen molar-refractivity contribution in [1.82, 2.24) is 9.80 Å². The van der Waals surface area contributed by atoms with Crippen molar-refractivity contribution in [3.05, 3.63) is 48.0 Å². The van der Waals surface area contributed by atoms with Crippen LogP contribution in [0, 0.1) is 0 Å². The molecule has 1 aliphatic heterocycles. The van der Waals surface area contributed by atoms with E-state index in [0.29, 0.717) is 34.5 Å². The van der Waals surface area contributed by atoms with Crippen LogP contribution in [0.25, 0.3) is 0 Å². The Kier molecular flexibility index (Phi) is 7.90. The zero-order chi connectivity index (χ0) is 23.9. The molecular formula is C26H33N3O5. The Morgan fingerprint density at radius 1 is 0.912 bits per heavy atom. The van der Waals surface area contributed by atoms with Gasteiger partial charge in [0.2, 0.25) is 0 Å². The van der Waals surface area contributed by atoms with Gasteiger partial charge in [-0.2, -0.15) is 0 Å². The van der Waals surface area contributed by atoms with E-state index in [4.69, 9.17) is 14.2 Å². The molecule has 2 amide bonds. The summed E-state index contributed by atoms with van der Waals surface area (Å²) in [5.41, 5.74) is 1.12. The highest BCUT2D eigenvalue weighted by atomic mass is 16.5. The first-order valence-corrected chi connectivity index (χ1v) is 11.9. The fourth-order valence-corrected chi connectivity index (χ4v) is 4.74. The maximum Gasteiger partial charge on any atom is 0.262 e. The minimum Gasteiger partial charge on any atom is -0.495 e. The number of nitrogens with zero attached hydrogens (tertiary/aromatic N) is 2. The highest BCUT2D eigenvalue weighted by Crippen LogP contribution is 2.30. The molecule has 1 N–H and O–H groups in total. The molecule has 2 aliphatic rings. The summed E-state index contributed by atoms with van der Waals surface area (Å²) in [6.45, 7) is 3.12. The summed E-state index contributed by atoms with van der Waals surface area (Å²) >= 11 is 0. The lowest BCUT2D eigenvalue weighted by molar-refractivity contribution is -0.118. The number of carbonyl (C=O) groups excluding carboxylic acids is 2. The van der Waals surface area contributed by atoms with Crippen molar-refractivity contribution in [1.29, 1.82) is 0 Å². The molecule has 1 heterocycles. The van der Waals surface area contributed by atoms with Crippen molar-refractivity contribution in [3.8, 4) is 17.2 Å². The van der Waals surface area contributed by atoms with E-state index in [1.165, 1.54) is 32.8 Å². The van der Waals surface area contributed by atoms with Crippen molar-refractivity contribution >= 4 is 17.5 Å². The quantitative estimate of drug-likeness (QED) is 0.641. The lowest BCUT2D eigenvalue weighted by Gasteiger charge is -2.38. The van der Waals surface area contributed by atoms with Gasteiger partial charge in [-0.15, -0.1) is 0 Å². The molecule has 8 nitrogen and oxygen atoms in total. The number of ether oxygens (including phenoxy) is 3. The highest BCUT2D eigenvalue weighted by Gasteiger charge is 2.28. The van der Waals surface area contributed by atoms with Gasteiger partial charge in [-0.3, -0.25) is 14.5 Å². The van der Waals surface area contributed by atoms with E-state index < -0.39 is 0 Å². The number of carbonyl (C=O) groups is 2. The van der Waals surface area contributed by atoms with E-state index in [1.807, 2.05) is 17.0 Å². The van der Waals surface area contributed by atoms with Crippen LogP contribution < -0.4 is 19.5 Å². The zero-order valence-electron chi connectivity index (χ0n) is 19.9. The van der Waals surface area contributed by atoms with Gasteiger partial charge in [-0.05, 0) is 43.2 Å². The second-order valence-corrected chi connectivity index (χ2v) is 8.67. The van der Waals surface area contributed by atoms with E-state index in [-0.39, 0.29) is 18.4 Å². The van der Waals surface area contributed by atoms with Crippen molar-refractivity contribution in [2.45, 2.75) is 31.7 Å². The van der Waals surface area contributed by atoms with Crippen LogP contribution in [0.15, 0.2) is 42.5 Å². The van der Waals surface area contributed by atoms with Gasteiger partial charge in [-0.25, -0.2) is 0 Å². The molecule has 8 heteroatoms. The molecule has 2 aromatic carbocycles. The van der Waals surface area contributed by atoms with Crippen LogP contribution in [-0.2, 0) is 4.79 Å². The van der Waals surface area contributed by atoms with Crippen LogP contribution in [0.3, 0.4) is 0 Å². The number of methoxy groups -OCH3 is 2. The molecular weight excluding hydrogens is 434 g/mol. The Morgan fingerprint density at radius 2 is 1.62 bits per heavy atom. The van der Waals surface area contributed by atoms with Crippen molar-refractivity contribution in [2.75, 3.05) is 52.3 Å². The largest absolute Gasteiger partial charge is 0.495 e. The maximum atomic E-state index is 13.1. The molecule has 34 heavy (non-hydrogen) atoms. The van der Waals surface area contributed by atoms with E-state index in [0.717, 1.165) is 26.2 Å². The van der Waals surface area contributed by atoms with Crippen LogP contribution in [0.5, 0.6) is 17.2 Å². The molecule has 0 aromatic heterocycles. The summed E-state index contributed by atoms with van der Waals surface area (Å²) < 4.78 is 16.4.